The van der Waals surface area contributed by atoms with Crippen LogP contribution in [0.4, 0.5) is 4.79 Å². The van der Waals surface area contributed by atoms with Crippen molar-refractivity contribution in [3.8, 4) is 0 Å². The highest BCUT2D eigenvalue weighted by molar-refractivity contribution is 5.56. The van der Waals surface area contributed by atoms with Crippen molar-refractivity contribution in [1.29, 1.82) is 0 Å². The average Bonchev–Trinajstić information content (AvgIpc) is 2.08. The van der Waals surface area contributed by atoms with E-state index in [4.69, 9.17) is 5.11 Å². The van der Waals surface area contributed by atoms with Crippen molar-refractivity contribution in [3.63, 3.8) is 0 Å². The molecule has 0 saturated carbocycles. The van der Waals surface area contributed by atoms with Crippen molar-refractivity contribution < 1.29 is 14.6 Å². The van der Waals surface area contributed by atoms with Gasteiger partial charge in [0.05, 0.1) is 6.61 Å². The zero-order valence-corrected chi connectivity index (χ0v) is 10.1. The number of carboxylic acid groups (broad SMARTS) is 1. The molecule has 0 aliphatic heterocycles. The van der Waals surface area contributed by atoms with Crippen molar-refractivity contribution in [2.75, 3.05) is 47.9 Å². The molecule has 0 spiro atoms. The molecule has 0 bridgehead atoms. The molecule has 0 radical (unpaired) electrons. The van der Waals surface area contributed by atoms with Gasteiger partial charge < -0.3 is 19.6 Å². The molecule has 0 saturated heterocycles. The van der Waals surface area contributed by atoms with Crippen LogP contribution in [-0.2, 0) is 4.74 Å². The number of ether oxygens (including phenoxy) is 1. The van der Waals surface area contributed by atoms with E-state index in [9.17, 15) is 4.79 Å². The Hall–Kier alpha value is -0.810. The summed E-state index contributed by atoms with van der Waals surface area (Å²) in [4.78, 5) is 14.4. The SMILES string of the molecule is CN(C)CCC(COC(=O)O)CN(C)C. The van der Waals surface area contributed by atoms with Crippen molar-refractivity contribution in [2.24, 2.45) is 5.92 Å². The lowest BCUT2D eigenvalue weighted by Crippen LogP contribution is -2.29. The highest BCUT2D eigenvalue weighted by Gasteiger charge is 2.12. The van der Waals surface area contributed by atoms with E-state index in [0.717, 1.165) is 19.5 Å². The fourth-order valence-electron chi connectivity index (χ4n) is 1.37. The van der Waals surface area contributed by atoms with Crippen LogP contribution in [-0.4, -0.2) is 68.9 Å². The van der Waals surface area contributed by atoms with Gasteiger partial charge in [-0.3, -0.25) is 0 Å². The van der Waals surface area contributed by atoms with Crippen LogP contribution < -0.4 is 0 Å². The maximum atomic E-state index is 10.3. The minimum absolute atomic E-state index is 0.262. The molecule has 0 fully saturated rings. The van der Waals surface area contributed by atoms with Crippen LogP contribution in [0.5, 0.6) is 0 Å². The van der Waals surface area contributed by atoms with Crippen LogP contribution in [0, 0.1) is 5.92 Å². The zero-order valence-electron chi connectivity index (χ0n) is 10.1. The number of nitrogens with zero attached hydrogens (tertiary/aromatic N) is 2. The van der Waals surface area contributed by atoms with Gasteiger partial charge in [0.15, 0.2) is 0 Å². The third-order valence-corrected chi connectivity index (χ3v) is 2.05. The van der Waals surface area contributed by atoms with Gasteiger partial charge in [-0.1, -0.05) is 0 Å². The molecule has 0 amide bonds. The maximum Gasteiger partial charge on any atom is 0.505 e. The molecular weight excluding hydrogens is 196 g/mol. The molecular formula is C10H22N2O3. The number of rotatable bonds is 7. The summed E-state index contributed by atoms with van der Waals surface area (Å²) in [5, 5.41) is 8.43. The summed E-state index contributed by atoms with van der Waals surface area (Å²) in [6.45, 7) is 2.07. The minimum Gasteiger partial charge on any atom is -0.450 e. The molecule has 5 heteroatoms. The van der Waals surface area contributed by atoms with Crippen LogP contribution in [0.3, 0.4) is 0 Å². The fraction of sp³-hybridized carbons (Fsp3) is 0.900. The number of carbonyl (C=O) groups is 1. The summed E-state index contributed by atoms with van der Waals surface area (Å²) in [5.41, 5.74) is 0. The topological polar surface area (TPSA) is 53.0 Å². The van der Waals surface area contributed by atoms with Crippen molar-refractivity contribution in [2.45, 2.75) is 6.42 Å². The van der Waals surface area contributed by atoms with Gasteiger partial charge in [0.1, 0.15) is 0 Å². The summed E-state index contributed by atoms with van der Waals surface area (Å²) < 4.78 is 4.61. The van der Waals surface area contributed by atoms with E-state index >= 15 is 0 Å². The smallest absolute Gasteiger partial charge is 0.450 e. The third-order valence-electron chi connectivity index (χ3n) is 2.05. The Morgan fingerprint density at radius 2 is 1.87 bits per heavy atom. The summed E-state index contributed by atoms with van der Waals surface area (Å²) in [6, 6.07) is 0. The third kappa shape index (κ3) is 9.49. The first-order valence-corrected chi connectivity index (χ1v) is 5.07. The van der Waals surface area contributed by atoms with Gasteiger partial charge in [-0.25, -0.2) is 4.79 Å². The molecule has 0 aromatic heterocycles. The van der Waals surface area contributed by atoms with Crippen molar-refractivity contribution in [1.82, 2.24) is 9.80 Å². The van der Waals surface area contributed by atoms with E-state index in [1.54, 1.807) is 0 Å². The average molecular weight is 218 g/mol. The predicted octanol–water partition coefficient (Wildman–Crippen LogP) is 0.811. The molecule has 0 aromatic rings. The van der Waals surface area contributed by atoms with Crippen LogP contribution in [0.2, 0.25) is 0 Å². The highest BCUT2D eigenvalue weighted by Crippen LogP contribution is 2.06. The van der Waals surface area contributed by atoms with Gasteiger partial charge in [-0.2, -0.15) is 0 Å². The monoisotopic (exact) mass is 218 g/mol. The van der Waals surface area contributed by atoms with Crippen LogP contribution >= 0.6 is 0 Å². The fourth-order valence-corrected chi connectivity index (χ4v) is 1.37. The second kappa shape index (κ2) is 7.48. The van der Waals surface area contributed by atoms with E-state index in [2.05, 4.69) is 9.64 Å². The lowest BCUT2D eigenvalue weighted by molar-refractivity contribution is 0.0690. The molecule has 0 rings (SSSR count). The lowest BCUT2D eigenvalue weighted by atomic mass is 10.1. The van der Waals surface area contributed by atoms with E-state index in [-0.39, 0.29) is 12.5 Å². The Morgan fingerprint density at radius 3 is 2.27 bits per heavy atom. The quantitative estimate of drug-likeness (QED) is 0.641. The van der Waals surface area contributed by atoms with Crippen LogP contribution in [0.25, 0.3) is 0 Å². The first-order chi connectivity index (χ1) is 6.91. The van der Waals surface area contributed by atoms with Gasteiger partial charge in [-0.15, -0.1) is 0 Å². The zero-order chi connectivity index (χ0) is 11.8. The molecule has 0 aliphatic carbocycles. The highest BCUT2D eigenvalue weighted by atomic mass is 16.7. The standard InChI is InChI=1S/C10H22N2O3/c1-11(2)6-5-9(7-12(3)4)8-15-10(13)14/h9H,5-8H2,1-4H3,(H,13,14). The Labute approximate surface area is 91.6 Å². The molecule has 1 N–H and O–H groups in total. The molecule has 0 aliphatic rings. The van der Waals surface area contributed by atoms with Gasteiger partial charge in [0, 0.05) is 12.5 Å². The van der Waals surface area contributed by atoms with Gasteiger partial charge in [-0.05, 0) is 41.2 Å². The van der Waals surface area contributed by atoms with E-state index in [0.29, 0.717) is 0 Å². The normalized spacial score (nSPS) is 13.2. The summed E-state index contributed by atoms with van der Waals surface area (Å²) in [5.74, 6) is 0.262. The minimum atomic E-state index is -1.19. The Morgan fingerprint density at radius 1 is 1.27 bits per heavy atom. The van der Waals surface area contributed by atoms with E-state index in [1.807, 2.05) is 33.1 Å². The van der Waals surface area contributed by atoms with Gasteiger partial charge >= 0.3 is 6.16 Å². The summed E-state index contributed by atoms with van der Waals surface area (Å²) in [6.07, 6.45) is -0.248. The van der Waals surface area contributed by atoms with Crippen molar-refractivity contribution >= 4 is 6.16 Å². The Kier molecular flexibility index (Phi) is 7.07. The van der Waals surface area contributed by atoms with Crippen molar-refractivity contribution in [3.05, 3.63) is 0 Å². The van der Waals surface area contributed by atoms with E-state index in [1.165, 1.54) is 0 Å². The maximum absolute atomic E-state index is 10.3. The second-order valence-electron chi connectivity index (χ2n) is 4.30. The summed E-state index contributed by atoms with van der Waals surface area (Å²) >= 11 is 0. The molecule has 15 heavy (non-hydrogen) atoms. The van der Waals surface area contributed by atoms with Gasteiger partial charge in [0.2, 0.25) is 0 Å². The number of hydrogen-bond donors (Lipinski definition) is 1. The molecule has 1 atom stereocenters. The first-order valence-electron chi connectivity index (χ1n) is 5.07. The number of hydrogen-bond acceptors (Lipinski definition) is 4. The second-order valence-corrected chi connectivity index (χ2v) is 4.30. The van der Waals surface area contributed by atoms with Crippen LogP contribution in [0.1, 0.15) is 6.42 Å². The molecule has 1 unspecified atom stereocenters. The molecule has 0 aromatic carbocycles. The van der Waals surface area contributed by atoms with Crippen LogP contribution in [0.15, 0.2) is 0 Å². The Bertz CT molecular complexity index is 184. The predicted molar refractivity (Wildman–Crippen MR) is 59.2 cm³/mol. The molecule has 0 heterocycles. The van der Waals surface area contributed by atoms with Gasteiger partial charge in [0.25, 0.3) is 0 Å². The lowest BCUT2D eigenvalue weighted by Gasteiger charge is -2.21. The Balaban J connectivity index is 3.89. The largest absolute Gasteiger partial charge is 0.505 e. The first kappa shape index (κ1) is 14.2. The molecule has 5 nitrogen and oxygen atoms in total. The van der Waals surface area contributed by atoms with E-state index < -0.39 is 6.16 Å². The molecule has 90 valence electrons. The summed E-state index contributed by atoms with van der Waals surface area (Å²) in [7, 11) is 7.96.